The van der Waals surface area contributed by atoms with Gasteiger partial charge in [0.2, 0.25) is 0 Å². The number of hydrogen-bond acceptors (Lipinski definition) is 2. The highest BCUT2D eigenvalue weighted by Gasteiger charge is 2.08. The maximum absolute atomic E-state index is 6.07. The van der Waals surface area contributed by atoms with E-state index >= 15 is 0 Å². The van der Waals surface area contributed by atoms with Gasteiger partial charge in [0, 0.05) is 17.4 Å². The van der Waals surface area contributed by atoms with Crippen LogP contribution in [0.25, 0.3) is 0 Å². The second-order valence-corrected chi connectivity index (χ2v) is 6.74. The number of thiocarbonyl (C=S) groups is 1. The highest BCUT2D eigenvalue weighted by Crippen LogP contribution is 2.23. The summed E-state index contributed by atoms with van der Waals surface area (Å²) >= 11 is 17.4. The summed E-state index contributed by atoms with van der Waals surface area (Å²) in [5, 5.41) is 12.3. The predicted octanol–water partition coefficient (Wildman–Crippen LogP) is 5.36. The Morgan fingerprint density at radius 3 is 2.52 bits per heavy atom. The van der Waals surface area contributed by atoms with Crippen molar-refractivity contribution >= 4 is 52.0 Å². The molecule has 0 amide bonds. The molecule has 0 unspecified atom stereocenters. The summed E-state index contributed by atoms with van der Waals surface area (Å²) in [6.45, 7) is 2.59. The van der Waals surface area contributed by atoms with Gasteiger partial charge >= 0.3 is 0 Å². The van der Waals surface area contributed by atoms with E-state index in [0.29, 0.717) is 27.5 Å². The number of para-hydroxylation sites is 1. The van der Waals surface area contributed by atoms with Crippen LogP contribution in [0.3, 0.4) is 0 Å². The average Bonchev–Trinajstić information content (AvgIpc) is 2.91. The molecule has 0 atom stereocenters. The maximum Gasteiger partial charge on any atom is 0.176 e. The quantitative estimate of drug-likeness (QED) is 0.588. The van der Waals surface area contributed by atoms with Crippen LogP contribution in [0.5, 0.6) is 0 Å². The first kappa shape index (κ1) is 17.7. The molecule has 2 aromatic carbocycles. The maximum atomic E-state index is 6.07. The Morgan fingerprint density at radius 2 is 1.80 bits per heavy atom. The van der Waals surface area contributed by atoms with Crippen LogP contribution >= 0.6 is 35.4 Å². The topological polar surface area (TPSA) is 41.9 Å². The van der Waals surface area contributed by atoms with Gasteiger partial charge in [0.15, 0.2) is 10.9 Å². The van der Waals surface area contributed by atoms with Crippen LogP contribution in [0.4, 0.5) is 11.5 Å². The highest BCUT2D eigenvalue weighted by atomic mass is 35.5. The molecule has 2 N–H and O–H groups in total. The van der Waals surface area contributed by atoms with E-state index in [-0.39, 0.29) is 0 Å². The number of nitrogens with one attached hydrogen (secondary N) is 2. The van der Waals surface area contributed by atoms with Gasteiger partial charge in [-0.3, -0.25) is 4.68 Å². The van der Waals surface area contributed by atoms with Crippen molar-refractivity contribution in [1.29, 1.82) is 0 Å². The second kappa shape index (κ2) is 7.87. The van der Waals surface area contributed by atoms with E-state index in [1.807, 2.05) is 60.1 Å². The van der Waals surface area contributed by atoms with Gasteiger partial charge in [-0.05, 0) is 49.0 Å². The Labute approximate surface area is 161 Å². The zero-order chi connectivity index (χ0) is 17.8. The van der Waals surface area contributed by atoms with Crippen molar-refractivity contribution in [2.75, 3.05) is 10.6 Å². The highest BCUT2D eigenvalue weighted by molar-refractivity contribution is 7.80. The van der Waals surface area contributed by atoms with Crippen molar-refractivity contribution < 1.29 is 0 Å². The van der Waals surface area contributed by atoms with Crippen molar-refractivity contribution in [1.82, 2.24) is 9.78 Å². The number of aryl methyl sites for hydroxylation is 1. The Balaban J connectivity index is 1.67. The normalized spacial score (nSPS) is 10.5. The fourth-order valence-electron chi connectivity index (χ4n) is 2.34. The van der Waals surface area contributed by atoms with Crippen molar-refractivity contribution in [3.63, 3.8) is 0 Å². The first-order valence-electron chi connectivity index (χ1n) is 7.63. The van der Waals surface area contributed by atoms with Crippen LogP contribution in [0.1, 0.15) is 11.3 Å². The minimum Gasteiger partial charge on any atom is -0.332 e. The van der Waals surface area contributed by atoms with Gasteiger partial charge in [-0.1, -0.05) is 47.5 Å². The lowest BCUT2D eigenvalue weighted by Crippen LogP contribution is -2.19. The number of aromatic nitrogens is 2. The molecule has 0 saturated heterocycles. The van der Waals surface area contributed by atoms with Crippen LogP contribution in [0.2, 0.25) is 10.0 Å². The van der Waals surface area contributed by atoms with Gasteiger partial charge in [0.25, 0.3) is 0 Å². The van der Waals surface area contributed by atoms with E-state index in [9.17, 15) is 0 Å². The predicted molar refractivity (Wildman–Crippen MR) is 109 cm³/mol. The molecule has 0 aliphatic carbocycles. The summed E-state index contributed by atoms with van der Waals surface area (Å²) in [6, 6.07) is 17.2. The fraction of sp³-hybridized carbons (Fsp3) is 0.111. The standard InChI is InChI=1S/C18H16Cl2N4S/c1-12-9-17(22-18(25)21-14-5-3-2-4-6-14)23-24(12)11-13-7-8-15(19)16(20)10-13/h2-10H,11H2,1H3,(H2,21,22,23,25). The summed E-state index contributed by atoms with van der Waals surface area (Å²) in [6.07, 6.45) is 0. The van der Waals surface area contributed by atoms with E-state index in [1.54, 1.807) is 6.07 Å². The lowest BCUT2D eigenvalue weighted by molar-refractivity contribution is 0.668. The van der Waals surface area contributed by atoms with E-state index in [1.165, 1.54) is 0 Å². The summed E-state index contributed by atoms with van der Waals surface area (Å²) in [4.78, 5) is 0. The molecule has 0 aliphatic heterocycles. The molecule has 0 radical (unpaired) electrons. The Hall–Kier alpha value is -2.08. The molecular weight excluding hydrogens is 375 g/mol. The lowest BCUT2D eigenvalue weighted by Gasteiger charge is -2.08. The van der Waals surface area contributed by atoms with Crippen molar-refractivity contribution in [3.8, 4) is 0 Å². The molecule has 0 spiro atoms. The van der Waals surface area contributed by atoms with Gasteiger partial charge < -0.3 is 10.6 Å². The van der Waals surface area contributed by atoms with Gasteiger partial charge in [-0.15, -0.1) is 0 Å². The molecule has 4 nitrogen and oxygen atoms in total. The van der Waals surface area contributed by atoms with Crippen LogP contribution in [-0.2, 0) is 6.54 Å². The summed E-state index contributed by atoms with van der Waals surface area (Å²) < 4.78 is 1.88. The summed E-state index contributed by atoms with van der Waals surface area (Å²) in [7, 11) is 0. The number of halogens is 2. The van der Waals surface area contributed by atoms with E-state index in [2.05, 4.69) is 15.7 Å². The molecule has 1 aromatic heterocycles. The van der Waals surface area contributed by atoms with E-state index < -0.39 is 0 Å². The number of nitrogens with zero attached hydrogens (tertiary/aromatic N) is 2. The van der Waals surface area contributed by atoms with Crippen LogP contribution < -0.4 is 10.6 Å². The largest absolute Gasteiger partial charge is 0.332 e. The monoisotopic (exact) mass is 390 g/mol. The zero-order valence-corrected chi connectivity index (χ0v) is 15.8. The third-order valence-corrected chi connectivity index (χ3v) is 4.51. The molecular formula is C18H16Cl2N4S. The van der Waals surface area contributed by atoms with Gasteiger partial charge in [0.05, 0.1) is 16.6 Å². The van der Waals surface area contributed by atoms with Crippen LogP contribution in [0, 0.1) is 6.92 Å². The number of anilines is 2. The molecule has 25 heavy (non-hydrogen) atoms. The third-order valence-electron chi connectivity index (χ3n) is 3.57. The van der Waals surface area contributed by atoms with Crippen LogP contribution in [-0.4, -0.2) is 14.9 Å². The van der Waals surface area contributed by atoms with Gasteiger partial charge in [-0.25, -0.2) is 0 Å². The van der Waals surface area contributed by atoms with Gasteiger partial charge in [0.1, 0.15) is 0 Å². The summed E-state index contributed by atoms with van der Waals surface area (Å²) in [5.41, 5.74) is 2.96. The number of benzene rings is 2. The molecule has 0 saturated carbocycles. The minimum atomic E-state index is 0.491. The molecule has 128 valence electrons. The molecule has 3 rings (SSSR count). The van der Waals surface area contributed by atoms with E-state index in [0.717, 1.165) is 16.9 Å². The number of hydrogen-bond donors (Lipinski definition) is 2. The smallest absolute Gasteiger partial charge is 0.176 e. The Bertz CT molecular complexity index is 893. The molecule has 1 heterocycles. The molecule has 3 aromatic rings. The molecule has 0 aliphatic rings. The second-order valence-electron chi connectivity index (χ2n) is 5.52. The van der Waals surface area contributed by atoms with Crippen LogP contribution in [0.15, 0.2) is 54.6 Å². The Morgan fingerprint density at radius 1 is 1.04 bits per heavy atom. The fourth-order valence-corrected chi connectivity index (χ4v) is 2.89. The number of rotatable bonds is 4. The molecule has 0 bridgehead atoms. The molecule has 0 fully saturated rings. The van der Waals surface area contributed by atoms with E-state index in [4.69, 9.17) is 35.4 Å². The average molecular weight is 391 g/mol. The van der Waals surface area contributed by atoms with Gasteiger partial charge in [-0.2, -0.15) is 5.10 Å². The van der Waals surface area contributed by atoms with Crippen molar-refractivity contribution in [3.05, 3.63) is 75.9 Å². The van der Waals surface area contributed by atoms with Crippen molar-refractivity contribution in [2.24, 2.45) is 0 Å². The molecule has 7 heteroatoms. The third kappa shape index (κ3) is 4.72. The first-order valence-corrected chi connectivity index (χ1v) is 8.79. The first-order chi connectivity index (χ1) is 12.0. The SMILES string of the molecule is Cc1cc(NC(=S)Nc2ccccc2)nn1Cc1ccc(Cl)c(Cl)c1. The Kier molecular flexibility index (Phi) is 5.58. The lowest BCUT2D eigenvalue weighted by atomic mass is 10.2. The minimum absolute atomic E-state index is 0.491. The summed E-state index contributed by atoms with van der Waals surface area (Å²) in [5.74, 6) is 0.686. The zero-order valence-electron chi connectivity index (χ0n) is 13.5. The van der Waals surface area contributed by atoms with Crippen molar-refractivity contribution in [2.45, 2.75) is 13.5 Å².